The third-order valence-electron chi connectivity index (χ3n) is 3.14. The fraction of sp³-hybridized carbons (Fsp3) is 0.357. The average molecular weight is 247 g/mol. The minimum atomic E-state index is -0.171. The second-order valence-electron chi connectivity index (χ2n) is 4.44. The molecule has 0 saturated heterocycles. The number of aromatic nitrogens is 2. The van der Waals surface area contributed by atoms with Crippen LogP contribution in [0, 0.1) is 19.7 Å². The fourth-order valence-corrected chi connectivity index (χ4v) is 2.10. The summed E-state index contributed by atoms with van der Waals surface area (Å²) in [5.41, 5.74) is 3.54. The molecule has 1 atom stereocenters. The van der Waals surface area contributed by atoms with Crippen LogP contribution in [0.5, 0.6) is 0 Å². The highest BCUT2D eigenvalue weighted by molar-refractivity contribution is 5.53. The first-order chi connectivity index (χ1) is 8.63. The van der Waals surface area contributed by atoms with Crippen LogP contribution in [-0.4, -0.2) is 10.2 Å². The fourth-order valence-electron chi connectivity index (χ4n) is 2.10. The quantitative estimate of drug-likeness (QED) is 0.864. The van der Waals surface area contributed by atoms with Crippen LogP contribution in [-0.2, 0) is 0 Å². The molecule has 0 aliphatic carbocycles. The number of benzene rings is 1. The SMILES string of the molecule is CCC(Nc1c(C)n[nH]c1C)c1ccccc1F. The summed E-state index contributed by atoms with van der Waals surface area (Å²) in [7, 11) is 0. The van der Waals surface area contributed by atoms with Gasteiger partial charge in [0.1, 0.15) is 5.82 Å². The van der Waals surface area contributed by atoms with Gasteiger partial charge in [-0.15, -0.1) is 0 Å². The third kappa shape index (κ3) is 2.37. The Kier molecular flexibility index (Phi) is 3.65. The monoisotopic (exact) mass is 247 g/mol. The molecule has 0 amide bonds. The lowest BCUT2D eigenvalue weighted by Gasteiger charge is -2.19. The summed E-state index contributed by atoms with van der Waals surface area (Å²) in [6.07, 6.45) is 0.811. The Morgan fingerprint density at radius 3 is 2.61 bits per heavy atom. The van der Waals surface area contributed by atoms with Crippen molar-refractivity contribution in [3.63, 3.8) is 0 Å². The molecule has 2 N–H and O–H groups in total. The Morgan fingerprint density at radius 2 is 2.06 bits per heavy atom. The number of hydrogen-bond donors (Lipinski definition) is 2. The Bertz CT molecular complexity index is 514. The van der Waals surface area contributed by atoms with E-state index in [0.29, 0.717) is 5.56 Å². The lowest BCUT2D eigenvalue weighted by atomic mass is 10.0. The van der Waals surface area contributed by atoms with Crippen LogP contribution in [0.4, 0.5) is 10.1 Å². The number of H-pyrrole nitrogens is 1. The lowest BCUT2D eigenvalue weighted by molar-refractivity contribution is 0.587. The first kappa shape index (κ1) is 12.6. The molecular weight excluding hydrogens is 229 g/mol. The highest BCUT2D eigenvalue weighted by atomic mass is 19.1. The van der Waals surface area contributed by atoms with E-state index < -0.39 is 0 Å². The van der Waals surface area contributed by atoms with Gasteiger partial charge < -0.3 is 5.32 Å². The van der Waals surface area contributed by atoms with E-state index in [1.54, 1.807) is 6.07 Å². The first-order valence-electron chi connectivity index (χ1n) is 6.16. The van der Waals surface area contributed by atoms with Crippen molar-refractivity contribution in [1.29, 1.82) is 0 Å². The summed E-state index contributed by atoms with van der Waals surface area (Å²) < 4.78 is 13.8. The van der Waals surface area contributed by atoms with Gasteiger partial charge in [-0.2, -0.15) is 5.10 Å². The lowest BCUT2D eigenvalue weighted by Crippen LogP contribution is -2.12. The minimum absolute atomic E-state index is 0.0406. The molecule has 1 heterocycles. The van der Waals surface area contributed by atoms with Crippen LogP contribution in [0.25, 0.3) is 0 Å². The number of rotatable bonds is 4. The number of aromatic amines is 1. The topological polar surface area (TPSA) is 40.7 Å². The maximum absolute atomic E-state index is 13.8. The van der Waals surface area contributed by atoms with Crippen LogP contribution < -0.4 is 5.32 Å². The molecular formula is C14H18FN3. The summed E-state index contributed by atoms with van der Waals surface area (Å²) in [6.45, 7) is 5.92. The normalized spacial score (nSPS) is 12.4. The molecule has 96 valence electrons. The summed E-state index contributed by atoms with van der Waals surface area (Å²) in [6, 6.07) is 6.84. The van der Waals surface area contributed by atoms with Gasteiger partial charge in [-0.1, -0.05) is 25.1 Å². The van der Waals surface area contributed by atoms with Crippen molar-refractivity contribution in [1.82, 2.24) is 10.2 Å². The summed E-state index contributed by atoms with van der Waals surface area (Å²) in [5.74, 6) is -0.171. The van der Waals surface area contributed by atoms with Gasteiger partial charge >= 0.3 is 0 Å². The second kappa shape index (κ2) is 5.21. The maximum Gasteiger partial charge on any atom is 0.128 e. The molecule has 2 rings (SSSR count). The van der Waals surface area contributed by atoms with Crippen molar-refractivity contribution in [2.75, 3.05) is 5.32 Å². The van der Waals surface area contributed by atoms with Gasteiger partial charge in [0.2, 0.25) is 0 Å². The van der Waals surface area contributed by atoms with Crippen molar-refractivity contribution >= 4 is 5.69 Å². The van der Waals surface area contributed by atoms with Crippen LogP contribution in [0.15, 0.2) is 24.3 Å². The summed E-state index contributed by atoms with van der Waals surface area (Å²) in [4.78, 5) is 0. The molecule has 1 aromatic carbocycles. The van der Waals surface area contributed by atoms with Gasteiger partial charge in [-0.3, -0.25) is 5.10 Å². The predicted molar refractivity (Wildman–Crippen MR) is 71.1 cm³/mol. The minimum Gasteiger partial charge on any atom is -0.375 e. The number of nitrogens with one attached hydrogen (secondary N) is 2. The molecule has 0 aliphatic rings. The maximum atomic E-state index is 13.8. The molecule has 1 aromatic heterocycles. The van der Waals surface area contributed by atoms with Crippen molar-refractivity contribution in [3.05, 3.63) is 47.0 Å². The van der Waals surface area contributed by atoms with Crippen LogP contribution in [0.1, 0.15) is 36.3 Å². The molecule has 0 radical (unpaired) electrons. The van der Waals surface area contributed by atoms with E-state index >= 15 is 0 Å². The van der Waals surface area contributed by atoms with Crippen LogP contribution in [0.3, 0.4) is 0 Å². The van der Waals surface area contributed by atoms with E-state index in [2.05, 4.69) is 15.5 Å². The summed E-state index contributed by atoms with van der Waals surface area (Å²) >= 11 is 0. The van der Waals surface area contributed by atoms with Gasteiger partial charge in [0.05, 0.1) is 23.1 Å². The second-order valence-corrected chi connectivity index (χ2v) is 4.44. The first-order valence-corrected chi connectivity index (χ1v) is 6.16. The number of anilines is 1. The van der Waals surface area contributed by atoms with Gasteiger partial charge in [0.15, 0.2) is 0 Å². The molecule has 1 unspecified atom stereocenters. The smallest absolute Gasteiger partial charge is 0.128 e. The Balaban J connectivity index is 2.28. The van der Waals surface area contributed by atoms with Crippen LogP contribution in [0.2, 0.25) is 0 Å². The van der Waals surface area contributed by atoms with Gasteiger partial charge in [-0.25, -0.2) is 4.39 Å². The van der Waals surface area contributed by atoms with Crippen molar-refractivity contribution in [3.8, 4) is 0 Å². The number of nitrogens with zero attached hydrogens (tertiary/aromatic N) is 1. The molecule has 18 heavy (non-hydrogen) atoms. The zero-order valence-corrected chi connectivity index (χ0v) is 10.9. The number of halogens is 1. The van der Waals surface area contributed by atoms with Crippen molar-refractivity contribution in [2.24, 2.45) is 0 Å². The van der Waals surface area contributed by atoms with Crippen molar-refractivity contribution in [2.45, 2.75) is 33.2 Å². The Labute approximate surface area is 106 Å². The Hall–Kier alpha value is -1.84. The Morgan fingerprint density at radius 1 is 1.33 bits per heavy atom. The van der Waals surface area contributed by atoms with E-state index in [0.717, 1.165) is 23.5 Å². The highest BCUT2D eigenvalue weighted by Crippen LogP contribution is 2.27. The molecule has 0 bridgehead atoms. The molecule has 3 nitrogen and oxygen atoms in total. The molecule has 0 spiro atoms. The van der Waals surface area contributed by atoms with Crippen molar-refractivity contribution < 1.29 is 4.39 Å². The average Bonchev–Trinajstić information content (AvgIpc) is 2.68. The molecule has 2 aromatic rings. The number of aryl methyl sites for hydroxylation is 2. The molecule has 0 aliphatic heterocycles. The van der Waals surface area contributed by atoms with E-state index in [9.17, 15) is 4.39 Å². The zero-order chi connectivity index (χ0) is 13.1. The van der Waals surface area contributed by atoms with Crippen LogP contribution >= 0.6 is 0 Å². The van der Waals surface area contributed by atoms with E-state index in [-0.39, 0.29) is 11.9 Å². The van der Waals surface area contributed by atoms with E-state index in [4.69, 9.17) is 0 Å². The molecule has 0 saturated carbocycles. The van der Waals surface area contributed by atoms with Gasteiger partial charge in [0, 0.05) is 5.56 Å². The van der Waals surface area contributed by atoms with Gasteiger partial charge in [0.25, 0.3) is 0 Å². The van der Waals surface area contributed by atoms with E-state index in [1.165, 1.54) is 6.07 Å². The third-order valence-corrected chi connectivity index (χ3v) is 3.14. The predicted octanol–water partition coefficient (Wildman–Crippen LogP) is 3.73. The van der Waals surface area contributed by atoms with Gasteiger partial charge in [-0.05, 0) is 26.3 Å². The zero-order valence-electron chi connectivity index (χ0n) is 10.9. The number of hydrogen-bond acceptors (Lipinski definition) is 2. The van der Waals surface area contributed by atoms with E-state index in [1.807, 2.05) is 32.9 Å². The summed E-state index contributed by atoms with van der Waals surface area (Å²) in [5, 5.41) is 10.4. The largest absolute Gasteiger partial charge is 0.375 e. The standard InChI is InChI=1S/C14H18FN3/c1-4-13(11-7-5-6-8-12(11)15)16-14-9(2)17-18-10(14)3/h5-8,13,16H,4H2,1-3H3,(H,17,18). The molecule has 0 fully saturated rings. The molecule has 4 heteroatoms. The highest BCUT2D eigenvalue weighted by Gasteiger charge is 2.16.